The number of quaternary nitrogens is 1. The predicted octanol–water partition coefficient (Wildman–Crippen LogP) is -1.00. The Bertz CT molecular complexity index is 1050. The molecule has 2 aromatic carbocycles. The number of para-hydroxylation sites is 1. The van der Waals surface area contributed by atoms with Gasteiger partial charge < -0.3 is 32.1 Å². The van der Waals surface area contributed by atoms with E-state index >= 15 is 0 Å². The molecular formula is C26H30ClN3O3. The van der Waals surface area contributed by atoms with Crippen molar-refractivity contribution >= 4 is 5.91 Å². The van der Waals surface area contributed by atoms with E-state index in [0.29, 0.717) is 32.5 Å². The summed E-state index contributed by atoms with van der Waals surface area (Å²) in [5, 5.41) is 12.3. The van der Waals surface area contributed by atoms with Gasteiger partial charge in [-0.05, 0) is 30.9 Å². The maximum absolute atomic E-state index is 13.8. The maximum atomic E-state index is 13.8. The van der Waals surface area contributed by atoms with Gasteiger partial charge >= 0.3 is 0 Å². The second-order valence-electron chi connectivity index (χ2n) is 9.26. The summed E-state index contributed by atoms with van der Waals surface area (Å²) in [6.07, 6.45) is 2.19. The summed E-state index contributed by atoms with van der Waals surface area (Å²) in [6.45, 7) is 3.50. The first kappa shape index (κ1) is 23.4. The van der Waals surface area contributed by atoms with Gasteiger partial charge in [-0.2, -0.15) is 5.26 Å². The number of carbonyl (C=O) groups excluding carboxylic acids is 1. The first-order chi connectivity index (χ1) is 15.6. The van der Waals surface area contributed by atoms with Crippen LogP contribution < -0.4 is 27.2 Å². The highest BCUT2D eigenvalue weighted by Crippen LogP contribution is 2.48. The highest BCUT2D eigenvalue weighted by molar-refractivity contribution is 5.82. The number of rotatable bonds is 3. The zero-order valence-corrected chi connectivity index (χ0v) is 19.7. The van der Waals surface area contributed by atoms with Crippen LogP contribution in [0.3, 0.4) is 0 Å². The van der Waals surface area contributed by atoms with Crippen molar-refractivity contribution < 1.29 is 32.0 Å². The molecule has 0 unspecified atom stereocenters. The highest BCUT2D eigenvalue weighted by Gasteiger charge is 2.55. The van der Waals surface area contributed by atoms with Gasteiger partial charge in [0, 0.05) is 18.7 Å². The summed E-state index contributed by atoms with van der Waals surface area (Å²) in [5.74, 6) is 1.65. The average molecular weight is 468 g/mol. The quantitative estimate of drug-likeness (QED) is 0.628. The maximum Gasteiger partial charge on any atom is 0.232 e. The smallest absolute Gasteiger partial charge is 0.232 e. The lowest BCUT2D eigenvalue weighted by Gasteiger charge is -2.42. The molecule has 3 aliphatic heterocycles. The van der Waals surface area contributed by atoms with Gasteiger partial charge in [0.25, 0.3) is 0 Å². The number of nitrogens with zero attached hydrogens (tertiary/aromatic N) is 2. The Labute approximate surface area is 201 Å². The van der Waals surface area contributed by atoms with Gasteiger partial charge in [-0.1, -0.05) is 42.5 Å². The molecule has 1 spiro atoms. The number of hydrogen-bond acceptors (Lipinski definition) is 4. The lowest BCUT2D eigenvalue weighted by atomic mass is 9.68. The number of likely N-dealkylation sites (tertiary alicyclic amines) is 1. The SMILES string of the molecule is COc1cccc2c1OCC[C@]21C[NH2+]C[C@H]1C(=O)N1CCC(C#N)(c2ccccc2)CC1.[Cl-]. The third-order valence-corrected chi connectivity index (χ3v) is 7.87. The van der Waals surface area contributed by atoms with Crippen LogP contribution in [-0.4, -0.2) is 50.7 Å². The van der Waals surface area contributed by atoms with Crippen molar-refractivity contribution in [1.29, 1.82) is 5.26 Å². The Morgan fingerprint density at radius 3 is 2.61 bits per heavy atom. The fourth-order valence-electron chi connectivity index (χ4n) is 6.03. The van der Waals surface area contributed by atoms with Crippen LogP contribution in [0.25, 0.3) is 0 Å². The van der Waals surface area contributed by atoms with E-state index in [1.807, 2.05) is 47.4 Å². The van der Waals surface area contributed by atoms with Crippen LogP contribution >= 0.6 is 0 Å². The van der Waals surface area contributed by atoms with Gasteiger partial charge in [0.1, 0.15) is 5.92 Å². The van der Waals surface area contributed by atoms with Crippen molar-refractivity contribution in [3.8, 4) is 17.6 Å². The van der Waals surface area contributed by atoms with Crippen molar-refractivity contribution in [3.05, 3.63) is 59.7 Å². The number of hydrogen-bond donors (Lipinski definition) is 1. The lowest BCUT2D eigenvalue weighted by molar-refractivity contribution is -0.640. The minimum atomic E-state index is -0.504. The van der Waals surface area contributed by atoms with Crippen molar-refractivity contribution in [2.45, 2.75) is 30.1 Å². The van der Waals surface area contributed by atoms with Gasteiger partial charge in [-0.25, -0.2) is 0 Å². The van der Waals surface area contributed by atoms with Gasteiger partial charge in [0.2, 0.25) is 5.91 Å². The van der Waals surface area contributed by atoms with Crippen LogP contribution in [0.4, 0.5) is 0 Å². The summed E-state index contributed by atoms with van der Waals surface area (Å²) >= 11 is 0. The number of nitrogens with two attached hydrogens (primary N) is 1. The topological polar surface area (TPSA) is 79.2 Å². The van der Waals surface area contributed by atoms with Crippen molar-refractivity contribution in [2.75, 3.05) is 39.9 Å². The molecule has 2 saturated heterocycles. The van der Waals surface area contributed by atoms with Crippen molar-refractivity contribution in [3.63, 3.8) is 0 Å². The third kappa shape index (κ3) is 3.74. The number of benzene rings is 2. The lowest BCUT2D eigenvalue weighted by Crippen LogP contribution is -3.00. The second kappa shape index (κ2) is 9.24. The molecule has 174 valence electrons. The van der Waals surface area contributed by atoms with E-state index in [-0.39, 0.29) is 29.6 Å². The minimum Gasteiger partial charge on any atom is -1.00 e. The first-order valence-electron chi connectivity index (χ1n) is 11.5. The zero-order chi connectivity index (χ0) is 22.2. The molecule has 0 aliphatic carbocycles. The van der Waals surface area contributed by atoms with Crippen LogP contribution in [0, 0.1) is 17.2 Å². The molecule has 2 N–H and O–H groups in total. The second-order valence-corrected chi connectivity index (χ2v) is 9.26. The Kier molecular flexibility index (Phi) is 6.56. The van der Waals surface area contributed by atoms with Gasteiger partial charge in [0.05, 0.1) is 43.7 Å². The minimum absolute atomic E-state index is 0. The number of ether oxygens (including phenoxy) is 2. The Morgan fingerprint density at radius 2 is 1.91 bits per heavy atom. The Morgan fingerprint density at radius 1 is 1.15 bits per heavy atom. The van der Waals surface area contributed by atoms with E-state index in [9.17, 15) is 10.1 Å². The van der Waals surface area contributed by atoms with Gasteiger partial charge in [-0.15, -0.1) is 0 Å². The molecule has 0 aromatic heterocycles. The molecule has 2 atom stereocenters. The molecule has 0 radical (unpaired) electrons. The van der Waals surface area contributed by atoms with E-state index < -0.39 is 5.41 Å². The molecule has 33 heavy (non-hydrogen) atoms. The largest absolute Gasteiger partial charge is 1.00 e. The fourth-order valence-corrected chi connectivity index (χ4v) is 6.03. The first-order valence-corrected chi connectivity index (χ1v) is 11.5. The van der Waals surface area contributed by atoms with Crippen LogP contribution in [0.1, 0.15) is 30.4 Å². The Hall–Kier alpha value is -2.75. The summed E-state index contributed by atoms with van der Waals surface area (Å²) < 4.78 is 11.5. The molecule has 6 nitrogen and oxygen atoms in total. The number of methoxy groups -OCH3 is 1. The molecule has 2 aromatic rings. The predicted molar refractivity (Wildman–Crippen MR) is 119 cm³/mol. The van der Waals surface area contributed by atoms with Crippen LogP contribution in [-0.2, 0) is 15.6 Å². The normalized spacial score (nSPS) is 25.3. The summed E-state index contributed by atoms with van der Waals surface area (Å²) in [6, 6.07) is 18.6. The molecule has 0 bridgehead atoms. The third-order valence-electron chi connectivity index (χ3n) is 7.87. The number of nitriles is 1. The van der Waals surface area contributed by atoms with E-state index in [1.54, 1.807) is 7.11 Å². The van der Waals surface area contributed by atoms with E-state index in [2.05, 4.69) is 17.5 Å². The number of carbonyl (C=O) groups is 1. The van der Waals surface area contributed by atoms with Gasteiger partial charge in [0.15, 0.2) is 11.5 Å². The molecule has 2 fully saturated rings. The van der Waals surface area contributed by atoms with Crippen LogP contribution in [0.2, 0.25) is 0 Å². The highest BCUT2D eigenvalue weighted by atomic mass is 35.5. The van der Waals surface area contributed by atoms with Crippen molar-refractivity contribution in [2.24, 2.45) is 5.92 Å². The van der Waals surface area contributed by atoms with Gasteiger partial charge in [-0.3, -0.25) is 4.79 Å². The molecule has 3 aliphatic rings. The molecule has 3 heterocycles. The van der Waals surface area contributed by atoms with Crippen LogP contribution in [0.15, 0.2) is 48.5 Å². The average Bonchev–Trinajstić information content (AvgIpc) is 3.28. The van der Waals surface area contributed by atoms with Crippen LogP contribution in [0.5, 0.6) is 11.5 Å². The summed E-state index contributed by atoms with van der Waals surface area (Å²) in [5.41, 5.74) is 1.42. The summed E-state index contributed by atoms with van der Waals surface area (Å²) in [7, 11) is 1.66. The zero-order valence-electron chi connectivity index (χ0n) is 18.9. The summed E-state index contributed by atoms with van der Waals surface area (Å²) in [4.78, 5) is 15.8. The molecule has 7 heteroatoms. The molecule has 5 rings (SSSR count). The molecule has 0 saturated carbocycles. The van der Waals surface area contributed by atoms with Crippen molar-refractivity contribution in [1.82, 2.24) is 4.90 Å². The fraction of sp³-hybridized carbons (Fsp3) is 0.462. The molecule has 1 amide bonds. The van der Waals surface area contributed by atoms with E-state index in [0.717, 1.165) is 42.1 Å². The number of amides is 1. The van der Waals surface area contributed by atoms with E-state index in [4.69, 9.17) is 9.47 Å². The van der Waals surface area contributed by atoms with E-state index in [1.165, 1.54) is 0 Å². The Balaban J connectivity index is 0.00000259. The monoisotopic (exact) mass is 467 g/mol. The standard InChI is InChI=1S/C26H29N3O3.ClH/c1-31-22-9-5-8-20-23(22)32-15-12-26(20)18-28-16-21(26)24(30)29-13-10-25(17-27,11-14-29)19-6-3-2-4-7-19;/h2-9,21,28H,10-16,18H2,1H3;1H/t21-,26-;/m0./s1. The molecular weight excluding hydrogens is 438 g/mol. The number of fused-ring (bicyclic) bond motifs is 2. The number of halogens is 1. The number of piperidine rings is 1.